The highest BCUT2D eigenvalue weighted by atomic mass is 35.5. The van der Waals surface area contributed by atoms with Crippen LogP contribution in [0.2, 0.25) is 0 Å². The molecule has 3 aliphatic heterocycles. The number of hydrogen-bond acceptors (Lipinski definition) is 5. The maximum absolute atomic E-state index is 13.1. The molecule has 0 radical (unpaired) electrons. The molecule has 4 heterocycles. The van der Waals surface area contributed by atoms with Crippen LogP contribution in [-0.4, -0.2) is 71.8 Å². The summed E-state index contributed by atoms with van der Waals surface area (Å²) in [6, 6.07) is -0.0240. The van der Waals surface area contributed by atoms with E-state index in [4.69, 9.17) is 0 Å². The molecule has 140 valence electrons. The first-order chi connectivity index (χ1) is 11.6. The second-order valence-corrected chi connectivity index (χ2v) is 8.58. The Kier molecular flexibility index (Phi) is 5.38. The molecule has 3 aliphatic rings. The van der Waals surface area contributed by atoms with Gasteiger partial charge >= 0.3 is 0 Å². The van der Waals surface area contributed by atoms with Crippen molar-refractivity contribution < 1.29 is 13.2 Å². The number of nitrogens with one attached hydrogen (secondary N) is 1. The number of fused-ring (bicyclic) bond motifs is 1. The molecule has 25 heavy (non-hydrogen) atoms. The third kappa shape index (κ3) is 3.30. The van der Waals surface area contributed by atoms with Crippen LogP contribution in [0.25, 0.3) is 0 Å². The molecule has 1 aromatic rings. The van der Waals surface area contributed by atoms with Crippen LogP contribution in [0.1, 0.15) is 25.1 Å². The van der Waals surface area contributed by atoms with Crippen molar-refractivity contribution in [1.82, 2.24) is 24.1 Å². The average Bonchev–Trinajstić information content (AvgIpc) is 3.18. The minimum absolute atomic E-state index is 0. The van der Waals surface area contributed by atoms with Gasteiger partial charge in [-0.2, -0.15) is 4.31 Å². The van der Waals surface area contributed by atoms with Gasteiger partial charge in [0.2, 0.25) is 5.91 Å². The Labute approximate surface area is 154 Å². The minimum Gasteiger partial charge on any atom is -0.336 e. The number of rotatable bonds is 3. The normalized spacial score (nSPS) is 24.9. The Balaban J connectivity index is 0.00000182. The Morgan fingerprint density at radius 3 is 2.84 bits per heavy atom. The van der Waals surface area contributed by atoms with Crippen LogP contribution < -0.4 is 5.32 Å². The molecule has 2 fully saturated rings. The van der Waals surface area contributed by atoms with Crippen molar-refractivity contribution in [1.29, 1.82) is 0 Å². The number of sulfonamides is 1. The number of nitrogens with zero attached hydrogens (tertiary/aromatic N) is 4. The molecule has 8 nitrogen and oxygen atoms in total. The summed E-state index contributed by atoms with van der Waals surface area (Å²) in [5, 5.41) is 3.37. The zero-order valence-corrected chi connectivity index (χ0v) is 15.7. The largest absolute Gasteiger partial charge is 0.336 e. The van der Waals surface area contributed by atoms with E-state index in [1.807, 2.05) is 9.47 Å². The van der Waals surface area contributed by atoms with Gasteiger partial charge in [-0.3, -0.25) is 4.79 Å². The summed E-state index contributed by atoms with van der Waals surface area (Å²) in [7, 11) is -3.55. The first-order valence-electron chi connectivity index (χ1n) is 8.62. The molecule has 2 saturated heterocycles. The molecule has 0 bridgehead atoms. The van der Waals surface area contributed by atoms with Gasteiger partial charge in [0.25, 0.3) is 10.0 Å². The van der Waals surface area contributed by atoms with E-state index in [1.54, 1.807) is 4.31 Å². The van der Waals surface area contributed by atoms with E-state index in [9.17, 15) is 13.2 Å². The highest BCUT2D eigenvalue weighted by Crippen LogP contribution is 2.26. The molecule has 4 rings (SSSR count). The molecule has 1 unspecified atom stereocenters. The van der Waals surface area contributed by atoms with E-state index in [0.29, 0.717) is 31.2 Å². The van der Waals surface area contributed by atoms with E-state index >= 15 is 0 Å². The van der Waals surface area contributed by atoms with Crippen LogP contribution >= 0.6 is 12.4 Å². The second-order valence-electron chi connectivity index (χ2n) is 6.69. The molecule has 0 saturated carbocycles. The third-order valence-electron chi connectivity index (χ3n) is 5.21. The Bertz CT molecular complexity index is 750. The predicted octanol–water partition coefficient (Wildman–Crippen LogP) is -0.164. The van der Waals surface area contributed by atoms with Gasteiger partial charge in [-0.05, 0) is 19.3 Å². The summed E-state index contributed by atoms with van der Waals surface area (Å²) in [4.78, 5) is 18.2. The third-order valence-corrected chi connectivity index (χ3v) is 7.08. The van der Waals surface area contributed by atoms with Crippen molar-refractivity contribution in [3.63, 3.8) is 0 Å². The van der Waals surface area contributed by atoms with E-state index in [-0.39, 0.29) is 24.4 Å². The van der Waals surface area contributed by atoms with E-state index in [1.165, 1.54) is 6.20 Å². The minimum atomic E-state index is -3.55. The molecule has 1 amide bonds. The Hall–Kier alpha value is -1.16. The lowest BCUT2D eigenvalue weighted by Gasteiger charge is -2.40. The van der Waals surface area contributed by atoms with Crippen molar-refractivity contribution in [2.75, 3.05) is 32.7 Å². The monoisotopic (exact) mass is 389 g/mol. The summed E-state index contributed by atoms with van der Waals surface area (Å²) in [6.07, 6.45) is 4.92. The van der Waals surface area contributed by atoms with Gasteiger partial charge in [0.15, 0.2) is 5.03 Å². The number of imidazole rings is 1. The first-order valence-corrected chi connectivity index (χ1v) is 10.1. The molecule has 1 aromatic heterocycles. The Morgan fingerprint density at radius 1 is 1.20 bits per heavy atom. The van der Waals surface area contributed by atoms with Crippen molar-refractivity contribution in [3.8, 4) is 0 Å². The molecule has 10 heteroatoms. The average molecular weight is 390 g/mol. The number of piperazine rings is 1. The fourth-order valence-electron chi connectivity index (χ4n) is 3.97. The summed E-state index contributed by atoms with van der Waals surface area (Å²) in [5.41, 5.74) is 0. The smallest absolute Gasteiger partial charge is 0.260 e. The number of hydrogen-bond donors (Lipinski definition) is 1. The molecular weight excluding hydrogens is 366 g/mol. The van der Waals surface area contributed by atoms with Gasteiger partial charge in [0, 0.05) is 45.2 Å². The number of carbonyl (C=O) groups is 1. The maximum atomic E-state index is 13.1. The summed E-state index contributed by atoms with van der Waals surface area (Å²) < 4.78 is 29.5. The number of aryl methyl sites for hydroxylation is 1. The van der Waals surface area contributed by atoms with Crippen molar-refractivity contribution >= 4 is 28.3 Å². The second kappa shape index (κ2) is 7.22. The van der Waals surface area contributed by atoms with E-state index < -0.39 is 10.0 Å². The van der Waals surface area contributed by atoms with Crippen LogP contribution in [0.3, 0.4) is 0 Å². The van der Waals surface area contributed by atoms with Crippen LogP contribution in [0.4, 0.5) is 0 Å². The summed E-state index contributed by atoms with van der Waals surface area (Å²) >= 11 is 0. The van der Waals surface area contributed by atoms with E-state index in [2.05, 4.69) is 10.3 Å². The quantitative estimate of drug-likeness (QED) is 0.775. The van der Waals surface area contributed by atoms with Gasteiger partial charge in [0.1, 0.15) is 5.82 Å². The van der Waals surface area contributed by atoms with Crippen molar-refractivity contribution in [2.24, 2.45) is 0 Å². The zero-order chi connectivity index (χ0) is 16.7. The number of carbonyl (C=O) groups excluding carboxylic acids is 1. The van der Waals surface area contributed by atoms with Gasteiger partial charge in [0.05, 0.1) is 12.7 Å². The number of halogens is 1. The van der Waals surface area contributed by atoms with Crippen LogP contribution in [0, 0.1) is 0 Å². The topological polar surface area (TPSA) is 87.5 Å². The van der Waals surface area contributed by atoms with Crippen molar-refractivity contribution in [3.05, 3.63) is 12.0 Å². The first kappa shape index (κ1) is 18.6. The van der Waals surface area contributed by atoms with Crippen LogP contribution in [0.5, 0.6) is 0 Å². The lowest BCUT2D eigenvalue weighted by atomic mass is 10.1. The highest BCUT2D eigenvalue weighted by Gasteiger charge is 2.37. The number of amides is 1. The highest BCUT2D eigenvalue weighted by molar-refractivity contribution is 7.89. The number of piperidine rings is 1. The van der Waals surface area contributed by atoms with Crippen molar-refractivity contribution in [2.45, 2.75) is 43.3 Å². The number of aromatic nitrogens is 2. The van der Waals surface area contributed by atoms with E-state index in [0.717, 1.165) is 44.6 Å². The molecule has 0 spiro atoms. The lowest BCUT2D eigenvalue weighted by Crippen LogP contribution is -2.57. The van der Waals surface area contributed by atoms with Crippen LogP contribution in [0.15, 0.2) is 11.2 Å². The zero-order valence-electron chi connectivity index (χ0n) is 14.1. The fourth-order valence-corrected chi connectivity index (χ4v) is 5.63. The van der Waals surface area contributed by atoms with Gasteiger partial charge < -0.3 is 14.8 Å². The summed E-state index contributed by atoms with van der Waals surface area (Å²) in [5.74, 6) is 0.926. The molecule has 1 N–H and O–H groups in total. The van der Waals surface area contributed by atoms with Gasteiger partial charge in [-0.1, -0.05) is 0 Å². The SMILES string of the molecule is Cl.O=C1CNCCN1C1CCCN(S(=O)(=O)c2cnc3n2CCC3)C1. The predicted molar refractivity (Wildman–Crippen MR) is 94.2 cm³/mol. The Morgan fingerprint density at radius 2 is 2.04 bits per heavy atom. The summed E-state index contributed by atoms with van der Waals surface area (Å²) in [6.45, 7) is 3.38. The standard InChI is InChI=1S/C15H23N5O3S.ClH/c21-14-9-16-5-8-19(14)12-3-1-6-18(11-12)24(22,23)15-10-17-13-4-2-7-20(13)15;/h10,12,16H,1-9,11H2;1H. The molecule has 1 atom stereocenters. The lowest BCUT2D eigenvalue weighted by molar-refractivity contribution is -0.135. The fraction of sp³-hybridized carbons (Fsp3) is 0.733. The molecular formula is C15H24ClN5O3S. The van der Waals surface area contributed by atoms with Gasteiger partial charge in [-0.25, -0.2) is 13.4 Å². The molecule has 0 aliphatic carbocycles. The van der Waals surface area contributed by atoms with Crippen LogP contribution in [-0.2, 0) is 27.8 Å². The van der Waals surface area contributed by atoms with Gasteiger partial charge in [-0.15, -0.1) is 12.4 Å². The molecule has 0 aromatic carbocycles. The maximum Gasteiger partial charge on any atom is 0.260 e.